The zero-order chi connectivity index (χ0) is 11.3. The molecule has 1 heterocycles. The summed E-state index contributed by atoms with van der Waals surface area (Å²) in [6, 6.07) is 6.40. The maximum Gasteiger partial charge on any atom is 0.231 e. The van der Waals surface area contributed by atoms with Gasteiger partial charge in [-0.2, -0.15) is 5.26 Å². The van der Waals surface area contributed by atoms with E-state index in [9.17, 15) is 0 Å². The number of fused-ring (bicyclic) bond motifs is 1. The van der Waals surface area contributed by atoms with E-state index < -0.39 is 0 Å². The summed E-state index contributed by atoms with van der Waals surface area (Å²) < 4.78 is 10.7. The molecule has 3 rings (SSSR count). The van der Waals surface area contributed by atoms with Crippen molar-refractivity contribution in [3.05, 3.63) is 23.3 Å². The molecule has 1 saturated carbocycles. The number of nitrogens with zero attached hydrogens (tertiary/aromatic N) is 1. The quantitative estimate of drug-likeness (QED) is 0.722. The third-order valence-electron chi connectivity index (χ3n) is 3.73. The van der Waals surface area contributed by atoms with E-state index in [2.05, 4.69) is 19.9 Å². The summed E-state index contributed by atoms with van der Waals surface area (Å²) in [5.41, 5.74) is 2.42. The van der Waals surface area contributed by atoms with E-state index in [0.29, 0.717) is 6.79 Å². The molecule has 2 unspecified atom stereocenters. The summed E-state index contributed by atoms with van der Waals surface area (Å²) in [6.07, 6.45) is 0.948. The lowest BCUT2D eigenvalue weighted by atomic mass is 9.91. The Labute approximate surface area is 94.6 Å². The molecule has 1 aromatic rings. The van der Waals surface area contributed by atoms with E-state index in [0.717, 1.165) is 17.9 Å². The van der Waals surface area contributed by atoms with Crippen molar-refractivity contribution < 1.29 is 9.47 Å². The second kappa shape index (κ2) is 2.91. The number of hydrogen-bond acceptors (Lipinski definition) is 3. The lowest BCUT2D eigenvalue weighted by molar-refractivity contribution is 0.174. The topological polar surface area (TPSA) is 42.2 Å². The normalized spacial score (nSPS) is 29.9. The van der Waals surface area contributed by atoms with Gasteiger partial charge in [0.2, 0.25) is 6.79 Å². The van der Waals surface area contributed by atoms with Gasteiger partial charge in [-0.15, -0.1) is 0 Å². The minimum absolute atomic E-state index is 0.0137. The Morgan fingerprint density at radius 3 is 2.69 bits per heavy atom. The van der Waals surface area contributed by atoms with E-state index in [1.807, 2.05) is 12.1 Å². The highest BCUT2D eigenvalue weighted by atomic mass is 16.7. The van der Waals surface area contributed by atoms with Gasteiger partial charge in [-0.25, -0.2) is 0 Å². The molecule has 2 atom stereocenters. The van der Waals surface area contributed by atoms with E-state index in [-0.39, 0.29) is 11.3 Å². The molecule has 0 aromatic heterocycles. The fraction of sp³-hybridized carbons (Fsp3) is 0.462. The van der Waals surface area contributed by atoms with Gasteiger partial charge in [0.15, 0.2) is 11.5 Å². The standard InChI is InChI=1S/C13H13NO2/c1-8-3-11-12(16-7-15-11)4-10(8)13(2)5-9(13)6-14/h3-4,9H,5,7H2,1-2H3. The van der Waals surface area contributed by atoms with E-state index in [4.69, 9.17) is 14.7 Å². The van der Waals surface area contributed by atoms with Crippen LogP contribution in [0.15, 0.2) is 12.1 Å². The average molecular weight is 215 g/mol. The molecular formula is C13H13NO2. The first-order valence-electron chi connectivity index (χ1n) is 5.45. The van der Waals surface area contributed by atoms with Crippen molar-refractivity contribution in [2.75, 3.05) is 6.79 Å². The molecule has 82 valence electrons. The van der Waals surface area contributed by atoms with E-state index >= 15 is 0 Å². The third-order valence-corrected chi connectivity index (χ3v) is 3.73. The fourth-order valence-electron chi connectivity index (χ4n) is 2.51. The molecule has 2 aliphatic rings. The average Bonchev–Trinajstić information content (AvgIpc) is 2.72. The first-order chi connectivity index (χ1) is 7.65. The first kappa shape index (κ1) is 9.53. The molecule has 1 fully saturated rings. The second-order valence-electron chi connectivity index (χ2n) is 4.82. The van der Waals surface area contributed by atoms with Crippen LogP contribution in [0.5, 0.6) is 11.5 Å². The van der Waals surface area contributed by atoms with Gasteiger partial charge in [-0.3, -0.25) is 0 Å². The van der Waals surface area contributed by atoms with E-state index in [1.165, 1.54) is 11.1 Å². The molecule has 0 amide bonds. The summed E-state index contributed by atoms with van der Waals surface area (Å²) in [6.45, 7) is 4.51. The van der Waals surface area contributed by atoms with Gasteiger partial charge in [0.05, 0.1) is 12.0 Å². The lowest BCUT2D eigenvalue weighted by Gasteiger charge is -2.14. The molecule has 0 saturated heterocycles. The van der Waals surface area contributed by atoms with Crippen LogP contribution in [0.2, 0.25) is 0 Å². The Kier molecular flexibility index (Phi) is 1.74. The van der Waals surface area contributed by atoms with Crippen LogP contribution in [0.1, 0.15) is 24.5 Å². The lowest BCUT2D eigenvalue weighted by Crippen LogP contribution is -2.06. The molecule has 0 bridgehead atoms. The highest BCUT2D eigenvalue weighted by molar-refractivity contribution is 5.53. The van der Waals surface area contributed by atoms with Gasteiger partial charge in [-0.05, 0) is 36.6 Å². The Morgan fingerprint density at radius 1 is 1.38 bits per heavy atom. The van der Waals surface area contributed by atoms with Gasteiger partial charge in [0.1, 0.15) is 0 Å². The van der Waals surface area contributed by atoms with E-state index in [1.54, 1.807) is 0 Å². The maximum atomic E-state index is 8.98. The molecule has 0 N–H and O–H groups in total. The Hall–Kier alpha value is -1.69. The Morgan fingerprint density at radius 2 is 2.06 bits per heavy atom. The number of ether oxygens (including phenoxy) is 2. The molecule has 0 radical (unpaired) electrons. The molecular weight excluding hydrogens is 202 g/mol. The van der Waals surface area contributed by atoms with Crippen LogP contribution in [-0.2, 0) is 5.41 Å². The fourth-order valence-corrected chi connectivity index (χ4v) is 2.51. The molecule has 16 heavy (non-hydrogen) atoms. The maximum absolute atomic E-state index is 8.98. The number of nitriles is 1. The number of aryl methyl sites for hydroxylation is 1. The molecule has 0 spiro atoms. The van der Waals surface area contributed by atoms with Crippen molar-refractivity contribution in [2.24, 2.45) is 5.92 Å². The van der Waals surface area contributed by atoms with Gasteiger partial charge in [0, 0.05) is 5.41 Å². The smallest absolute Gasteiger partial charge is 0.231 e. The van der Waals surface area contributed by atoms with Gasteiger partial charge in [-0.1, -0.05) is 6.92 Å². The van der Waals surface area contributed by atoms with Crippen LogP contribution in [0.4, 0.5) is 0 Å². The zero-order valence-corrected chi connectivity index (χ0v) is 9.41. The number of hydrogen-bond donors (Lipinski definition) is 0. The summed E-state index contributed by atoms with van der Waals surface area (Å²) >= 11 is 0. The summed E-state index contributed by atoms with van der Waals surface area (Å²) in [5.74, 6) is 1.77. The van der Waals surface area contributed by atoms with Crippen molar-refractivity contribution in [3.8, 4) is 17.6 Å². The largest absolute Gasteiger partial charge is 0.454 e. The first-order valence-corrected chi connectivity index (χ1v) is 5.45. The van der Waals surface area contributed by atoms with Crippen LogP contribution < -0.4 is 9.47 Å². The minimum atomic E-state index is 0.0137. The van der Waals surface area contributed by atoms with Crippen LogP contribution in [0.25, 0.3) is 0 Å². The Balaban J connectivity index is 2.07. The monoisotopic (exact) mass is 215 g/mol. The van der Waals surface area contributed by atoms with Crippen molar-refractivity contribution in [2.45, 2.75) is 25.7 Å². The van der Waals surface area contributed by atoms with Crippen LogP contribution in [0, 0.1) is 24.2 Å². The minimum Gasteiger partial charge on any atom is -0.454 e. The predicted molar refractivity (Wildman–Crippen MR) is 58.4 cm³/mol. The van der Waals surface area contributed by atoms with Crippen molar-refractivity contribution >= 4 is 0 Å². The molecule has 1 aliphatic carbocycles. The number of rotatable bonds is 1. The van der Waals surface area contributed by atoms with Crippen LogP contribution >= 0.6 is 0 Å². The summed E-state index contributed by atoms with van der Waals surface area (Å²) in [5, 5.41) is 8.98. The second-order valence-corrected chi connectivity index (χ2v) is 4.82. The van der Waals surface area contributed by atoms with Gasteiger partial charge < -0.3 is 9.47 Å². The molecule has 3 heteroatoms. The molecule has 3 nitrogen and oxygen atoms in total. The summed E-state index contributed by atoms with van der Waals surface area (Å²) in [4.78, 5) is 0. The zero-order valence-electron chi connectivity index (χ0n) is 9.41. The van der Waals surface area contributed by atoms with Crippen molar-refractivity contribution in [1.29, 1.82) is 5.26 Å². The van der Waals surface area contributed by atoms with Gasteiger partial charge in [0.25, 0.3) is 0 Å². The number of benzene rings is 1. The highest BCUT2D eigenvalue weighted by Gasteiger charge is 2.52. The predicted octanol–water partition coefficient (Wildman–Crippen LogP) is 2.52. The highest BCUT2D eigenvalue weighted by Crippen LogP contribution is 2.55. The Bertz CT molecular complexity index is 503. The SMILES string of the molecule is Cc1cc2c(cc1C1(C)CC1C#N)OCO2. The third kappa shape index (κ3) is 1.13. The van der Waals surface area contributed by atoms with Crippen molar-refractivity contribution in [1.82, 2.24) is 0 Å². The molecule has 1 aliphatic heterocycles. The van der Waals surface area contributed by atoms with Crippen molar-refractivity contribution in [3.63, 3.8) is 0 Å². The van der Waals surface area contributed by atoms with Crippen LogP contribution in [-0.4, -0.2) is 6.79 Å². The van der Waals surface area contributed by atoms with Gasteiger partial charge >= 0.3 is 0 Å². The van der Waals surface area contributed by atoms with Crippen LogP contribution in [0.3, 0.4) is 0 Å². The summed E-state index contributed by atoms with van der Waals surface area (Å²) in [7, 11) is 0. The molecule has 1 aromatic carbocycles.